The molecule has 10 heavy (non-hydrogen) atoms. The van der Waals surface area contributed by atoms with E-state index in [4.69, 9.17) is 10.5 Å². The largest absolute Gasteiger partial charge is 0.476 e. The number of aliphatic imine (C=N–C) groups is 1. The molecule has 3 heteroatoms. The highest BCUT2D eigenvalue weighted by molar-refractivity contribution is 5.74. The predicted molar refractivity (Wildman–Crippen MR) is 41.1 cm³/mol. The third-order valence-corrected chi connectivity index (χ3v) is 1.59. The van der Waals surface area contributed by atoms with E-state index in [1.165, 1.54) is 0 Å². The van der Waals surface area contributed by atoms with Gasteiger partial charge in [-0.05, 0) is 19.4 Å². The minimum Gasteiger partial charge on any atom is -0.476 e. The monoisotopic (exact) mass is 142 g/mol. The summed E-state index contributed by atoms with van der Waals surface area (Å²) in [5.74, 6) is 0.821. The summed E-state index contributed by atoms with van der Waals surface area (Å²) >= 11 is 0. The maximum absolute atomic E-state index is 5.36. The van der Waals surface area contributed by atoms with Gasteiger partial charge in [0.1, 0.15) is 6.10 Å². The minimum atomic E-state index is 0.309. The van der Waals surface area contributed by atoms with Crippen molar-refractivity contribution in [3.8, 4) is 0 Å². The van der Waals surface area contributed by atoms with Gasteiger partial charge in [0.2, 0.25) is 0 Å². The van der Waals surface area contributed by atoms with Crippen LogP contribution >= 0.6 is 0 Å². The molecule has 0 fully saturated rings. The van der Waals surface area contributed by atoms with Crippen LogP contribution in [-0.4, -0.2) is 25.1 Å². The van der Waals surface area contributed by atoms with Crippen LogP contribution in [0.15, 0.2) is 4.99 Å². The Bertz CT molecular complexity index is 134. The Morgan fingerprint density at radius 2 is 2.60 bits per heavy atom. The zero-order chi connectivity index (χ0) is 7.40. The summed E-state index contributed by atoms with van der Waals surface area (Å²) in [5.41, 5.74) is 5.35. The van der Waals surface area contributed by atoms with E-state index in [1.807, 2.05) is 6.92 Å². The molecule has 2 N–H and O–H groups in total. The van der Waals surface area contributed by atoms with Crippen LogP contribution in [0.25, 0.3) is 0 Å². The van der Waals surface area contributed by atoms with Crippen LogP contribution in [0.1, 0.15) is 19.8 Å². The highest BCUT2D eigenvalue weighted by Gasteiger charge is 2.14. The van der Waals surface area contributed by atoms with E-state index in [-0.39, 0.29) is 0 Å². The van der Waals surface area contributed by atoms with E-state index in [0.717, 1.165) is 31.8 Å². The third-order valence-electron chi connectivity index (χ3n) is 1.59. The highest BCUT2D eigenvalue weighted by atomic mass is 16.5. The molecule has 0 aromatic carbocycles. The molecule has 0 aromatic rings. The van der Waals surface area contributed by atoms with Gasteiger partial charge < -0.3 is 10.5 Å². The number of nitrogens with zero attached hydrogens (tertiary/aromatic N) is 1. The Balaban J connectivity index is 2.11. The SMILES string of the molecule is CC1=NCC(CCCN)O1. The predicted octanol–water partition coefficient (Wildman–Crippen LogP) is 0.543. The first kappa shape index (κ1) is 7.54. The molecular weight excluding hydrogens is 128 g/mol. The van der Waals surface area contributed by atoms with Crippen molar-refractivity contribution >= 4 is 5.90 Å². The highest BCUT2D eigenvalue weighted by Crippen LogP contribution is 2.09. The molecule has 0 bridgehead atoms. The first-order valence-electron chi connectivity index (χ1n) is 3.70. The van der Waals surface area contributed by atoms with Crippen LogP contribution in [0.5, 0.6) is 0 Å². The van der Waals surface area contributed by atoms with Crippen molar-refractivity contribution < 1.29 is 4.74 Å². The number of nitrogens with two attached hydrogens (primary N) is 1. The molecule has 1 atom stereocenters. The van der Waals surface area contributed by atoms with Crippen molar-refractivity contribution in [3.05, 3.63) is 0 Å². The lowest BCUT2D eigenvalue weighted by Gasteiger charge is -2.07. The number of ether oxygens (including phenoxy) is 1. The van der Waals surface area contributed by atoms with Gasteiger partial charge in [0.25, 0.3) is 0 Å². The fraction of sp³-hybridized carbons (Fsp3) is 0.857. The molecule has 1 aliphatic heterocycles. The summed E-state index contributed by atoms with van der Waals surface area (Å²) in [6, 6.07) is 0. The van der Waals surface area contributed by atoms with Crippen molar-refractivity contribution in [1.82, 2.24) is 0 Å². The number of rotatable bonds is 3. The van der Waals surface area contributed by atoms with E-state index in [0.29, 0.717) is 6.10 Å². The first-order valence-corrected chi connectivity index (χ1v) is 3.70. The Morgan fingerprint density at radius 1 is 1.80 bits per heavy atom. The molecule has 0 aromatic heterocycles. The van der Waals surface area contributed by atoms with E-state index < -0.39 is 0 Å². The average molecular weight is 142 g/mol. The molecule has 1 rings (SSSR count). The van der Waals surface area contributed by atoms with Crippen LogP contribution in [0.3, 0.4) is 0 Å². The van der Waals surface area contributed by atoms with Crippen LogP contribution in [-0.2, 0) is 4.74 Å². The average Bonchev–Trinajstić information content (AvgIpc) is 2.31. The Labute approximate surface area is 61.3 Å². The summed E-state index contributed by atoms with van der Waals surface area (Å²) in [7, 11) is 0. The van der Waals surface area contributed by atoms with Gasteiger partial charge in [0.15, 0.2) is 5.90 Å². The Hall–Kier alpha value is -0.570. The molecule has 0 saturated carbocycles. The van der Waals surface area contributed by atoms with E-state index in [2.05, 4.69) is 4.99 Å². The van der Waals surface area contributed by atoms with Crippen LogP contribution in [0.2, 0.25) is 0 Å². The maximum Gasteiger partial charge on any atom is 0.180 e. The second-order valence-electron chi connectivity index (χ2n) is 2.53. The normalized spacial score (nSPS) is 24.2. The third kappa shape index (κ3) is 1.99. The molecule has 0 radical (unpaired) electrons. The Morgan fingerprint density at radius 3 is 3.10 bits per heavy atom. The van der Waals surface area contributed by atoms with Gasteiger partial charge in [-0.25, -0.2) is 0 Å². The summed E-state index contributed by atoms with van der Waals surface area (Å²) in [4.78, 5) is 4.12. The molecule has 1 aliphatic rings. The van der Waals surface area contributed by atoms with Gasteiger partial charge in [0, 0.05) is 6.92 Å². The molecule has 0 saturated heterocycles. The summed E-state index contributed by atoms with van der Waals surface area (Å²) < 4.78 is 5.36. The van der Waals surface area contributed by atoms with Crippen LogP contribution < -0.4 is 5.73 Å². The van der Waals surface area contributed by atoms with E-state index in [1.54, 1.807) is 0 Å². The number of hydrogen-bond acceptors (Lipinski definition) is 3. The zero-order valence-electron chi connectivity index (χ0n) is 6.34. The minimum absolute atomic E-state index is 0.309. The van der Waals surface area contributed by atoms with E-state index in [9.17, 15) is 0 Å². The topological polar surface area (TPSA) is 47.6 Å². The second kappa shape index (κ2) is 3.56. The second-order valence-corrected chi connectivity index (χ2v) is 2.53. The van der Waals surface area contributed by atoms with Crippen molar-refractivity contribution in [2.24, 2.45) is 10.7 Å². The zero-order valence-corrected chi connectivity index (χ0v) is 6.34. The quantitative estimate of drug-likeness (QED) is 0.625. The lowest BCUT2D eigenvalue weighted by atomic mass is 10.2. The van der Waals surface area contributed by atoms with Gasteiger partial charge >= 0.3 is 0 Å². The molecule has 58 valence electrons. The molecule has 0 aliphatic carbocycles. The molecule has 1 unspecified atom stereocenters. The Kier molecular flexibility index (Phi) is 2.68. The van der Waals surface area contributed by atoms with E-state index >= 15 is 0 Å². The van der Waals surface area contributed by atoms with Crippen LogP contribution in [0, 0.1) is 0 Å². The van der Waals surface area contributed by atoms with Gasteiger partial charge in [-0.2, -0.15) is 0 Å². The molecule has 0 spiro atoms. The van der Waals surface area contributed by atoms with Crippen molar-refractivity contribution in [2.45, 2.75) is 25.9 Å². The molecule has 3 nitrogen and oxygen atoms in total. The smallest absolute Gasteiger partial charge is 0.180 e. The number of hydrogen-bond donors (Lipinski definition) is 1. The fourth-order valence-electron chi connectivity index (χ4n) is 1.04. The summed E-state index contributed by atoms with van der Waals surface area (Å²) in [6.45, 7) is 3.47. The summed E-state index contributed by atoms with van der Waals surface area (Å²) in [6.07, 6.45) is 2.38. The van der Waals surface area contributed by atoms with Crippen molar-refractivity contribution in [2.75, 3.05) is 13.1 Å². The standard InChI is InChI=1S/C7H14N2O/c1-6-9-5-7(10-6)3-2-4-8/h7H,2-5,8H2,1H3. The van der Waals surface area contributed by atoms with Gasteiger partial charge in [-0.1, -0.05) is 0 Å². The first-order chi connectivity index (χ1) is 4.83. The summed E-state index contributed by atoms with van der Waals surface area (Å²) in [5, 5.41) is 0. The van der Waals surface area contributed by atoms with Crippen molar-refractivity contribution in [1.29, 1.82) is 0 Å². The van der Waals surface area contributed by atoms with Gasteiger partial charge in [-0.15, -0.1) is 0 Å². The maximum atomic E-state index is 5.36. The van der Waals surface area contributed by atoms with Gasteiger partial charge in [0.05, 0.1) is 6.54 Å². The lowest BCUT2D eigenvalue weighted by molar-refractivity contribution is 0.209. The van der Waals surface area contributed by atoms with Crippen molar-refractivity contribution in [3.63, 3.8) is 0 Å². The molecular formula is C7H14N2O. The van der Waals surface area contributed by atoms with Crippen LogP contribution in [0.4, 0.5) is 0 Å². The van der Waals surface area contributed by atoms with Gasteiger partial charge in [-0.3, -0.25) is 4.99 Å². The fourth-order valence-corrected chi connectivity index (χ4v) is 1.04. The lowest BCUT2D eigenvalue weighted by Crippen LogP contribution is -2.13. The molecule has 1 heterocycles. The molecule has 0 amide bonds.